The molecule has 0 aliphatic rings. The van der Waals surface area contributed by atoms with E-state index in [0.717, 1.165) is 0 Å². The molecule has 2 rings (SSSR count). The van der Waals surface area contributed by atoms with E-state index >= 15 is 0 Å². The minimum absolute atomic E-state index is 0.234. The van der Waals surface area contributed by atoms with Crippen molar-refractivity contribution in [3.63, 3.8) is 0 Å². The van der Waals surface area contributed by atoms with Crippen molar-refractivity contribution in [2.24, 2.45) is 0 Å². The fraction of sp³-hybridized carbons (Fsp3) is 0.333. The SMILES string of the molecule is Cc1nnc(C(C)(C)c2ccccc2)o1. The van der Waals surface area contributed by atoms with E-state index in [9.17, 15) is 0 Å². The highest BCUT2D eigenvalue weighted by Gasteiger charge is 2.28. The number of aryl methyl sites for hydroxylation is 1. The number of hydrogen-bond donors (Lipinski definition) is 0. The van der Waals surface area contributed by atoms with Gasteiger partial charge in [-0.3, -0.25) is 0 Å². The predicted octanol–water partition coefficient (Wildman–Crippen LogP) is 2.70. The van der Waals surface area contributed by atoms with Crippen molar-refractivity contribution in [3.05, 3.63) is 47.7 Å². The molecule has 0 fully saturated rings. The molecule has 0 amide bonds. The van der Waals surface area contributed by atoms with Crippen LogP contribution < -0.4 is 0 Å². The first-order valence-corrected chi connectivity index (χ1v) is 4.97. The van der Waals surface area contributed by atoms with E-state index in [2.05, 4.69) is 36.2 Å². The van der Waals surface area contributed by atoms with Crippen molar-refractivity contribution in [2.45, 2.75) is 26.2 Å². The van der Waals surface area contributed by atoms with Gasteiger partial charge in [-0.05, 0) is 19.4 Å². The van der Waals surface area contributed by atoms with Crippen LogP contribution in [0.5, 0.6) is 0 Å². The van der Waals surface area contributed by atoms with Crippen LogP contribution in [0.3, 0.4) is 0 Å². The zero-order valence-corrected chi connectivity index (χ0v) is 9.19. The highest BCUT2D eigenvalue weighted by Crippen LogP contribution is 2.29. The van der Waals surface area contributed by atoms with Gasteiger partial charge in [0.15, 0.2) is 0 Å². The first kappa shape index (κ1) is 9.90. The van der Waals surface area contributed by atoms with Crippen LogP contribution in [0.15, 0.2) is 34.7 Å². The fourth-order valence-electron chi connectivity index (χ4n) is 1.53. The van der Waals surface area contributed by atoms with Gasteiger partial charge in [-0.2, -0.15) is 0 Å². The Labute approximate surface area is 89.2 Å². The van der Waals surface area contributed by atoms with Gasteiger partial charge in [0.2, 0.25) is 11.8 Å². The minimum Gasteiger partial charge on any atom is -0.425 e. The maximum Gasteiger partial charge on any atom is 0.226 e. The summed E-state index contributed by atoms with van der Waals surface area (Å²) in [6.07, 6.45) is 0. The summed E-state index contributed by atoms with van der Waals surface area (Å²) in [5, 5.41) is 7.94. The molecule has 0 unspecified atom stereocenters. The lowest BCUT2D eigenvalue weighted by Crippen LogP contribution is -2.19. The second kappa shape index (κ2) is 3.50. The molecular formula is C12H14N2O. The molecule has 0 aliphatic carbocycles. The predicted molar refractivity (Wildman–Crippen MR) is 57.6 cm³/mol. The monoisotopic (exact) mass is 202 g/mol. The second-order valence-corrected chi connectivity index (χ2v) is 4.12. The third-order valence-corrected chi connectivity index (χ3v) is 2.56. The van der Waals surface area contributed by atoms with E-state index < -0.39 is 0 Å². The van der Waals surface area contributed by atoms with Gasteiger partial charge in [0, 0.05) is 6.92 Å². The van der Waals surface area contributed by atoms with Crippen molar-refractivity contribution in [2.75, 3.05) is 0 Å². The summed E-state index contributed by atoms with van der Waals surface area (Å²) in [4.78, 5) is 0. The van der Waals surface area contributed by atoms with Crippen LogP contribution in [0.2, 0.25) is 0 Å². The largest absolute Gasteiger partial charge is 0.425 e. The van der Waals surface area contributed by atoms with Crippen LogP contribution in [0.4, 0.5) is 0 Å². The van der Waals surface area contributed by atoms with Crippen molar-refractivity contribution >= 4 is 0 Å². The summed E-state index contributed by atoms with van der Waals surface area (Å²) in [5.74, 6) is 1.26. The lowest BCUT2D eigenvalue weighted by atomic mass is 9.85. The van der Waals surface area contributed by atoms with Gasteiger partial charge >= 0.3 is 0 Å². The Morgan fingerprint density at radius 2 is 1.73 bits per heavy atom. The van der Waals surface area contributed by atoms with Crippen molar-refractivity contribution < 1.29 is 4.42 Å². The third-order valence-electron chi connectivity index (χ3n) is 2.56. The summed E-state index contributed by atoms with van der Waals surface area (Å²) in [6, 6.07) is 10.2. The molecule has 3 nitrogen and oxygen atoms in total. The number of rotatable bonds is 2. The molecule has 0 bridgehead atoms. The normalized spacial score (nSPS) is 11.7. The first-order chi connectivity index (χ1) is 7.10. The van der Waals surface area contributed by atoms with E-state index in [0.29, 0.717) is 11.8 Å². The lowest BCUT2D eigenvalue weighted by Gasteiger charge is -2.20. The van der Waals surface area contributed by atoms with Crippen LogP contribution in [-0.4, -0.2) is 10.2 Å². The summed E-state index contributed by atoms with van der Waals surface area (Å²) in [6.45, 7) is 5.96. The zero-order valence-electron chi connectivity index (χ0n) is 9.19. The number of nitrogens with zero attached hydrogens (tertiary/aromatic N) is 2. The van der Waals surface area contributed by atoms with E-state index in [1.807, 2.05) is 18.2 Å². The number of hydrogen-bond acceptors (Lipinski definition) is 3. The number of aromatic nitrogens is 2. The highest BCUT2D eigenvalue weighted by molar-refractivity contribution is 5.29. The summed E-state index contributed by atoms with van der Waals surface area (Å²) < 4.78 is 5.48. The Hall–Kier alpha value is -1.64. The van der Waals surface area contributed by atoms with Gasteiger partial charge in [-0.1, -0.05) is 30.3 Å². The lowest BCUT2D eigenvalue weighted by molar-refractivity contribution is 0.398. The Kier molecular flexibility index (Phi) is 2.31. The molecule has 0 N–H and O–H groups in total. The van der Waals surface area contributed by atoms with Gasteiger partial charge in [0.25, 0.3) is 0 Å². The van der Waals surface area contributed by atoms with Crippen LogP contribution in [0.1, 0.15) is 31.2 Å². The van der Waals surface area contributed by atoms with Gasteiger partial charge in [0.1, 0.15) is 0 Å². The molecule has 0 spiro atoms. The molecule has 0 saturated carbocycles. The molecule has 0 radical (unpaired) electrons. The maximum absolute atomic E-state index is 5.48. The Balaban J connectivity index is 2.43. The van der Waals surface area contributed by atoms with Gasteiger partial charge < -0.3 is 4.42 Å². The minimum atomic E-state index is -0.234. The average Bonchev–Trinajstić information content (AvgIpc) is 2.67. The third kappa shape index (κ3) is 1.77. The number of benzene rings is 1. The Morgan fingerprint density at radius 1 is 1.07 bits per heavy atom. The molecule has 0 aliphatic heterocycles. The van der Waals surface area contributed by atoms with E-state index in [-0.39, 0.29) is 5.41 Å². The van der Waals surface area contributed by atoms with Crippen molar-refractivity contribution in [3.8, 4) is 0 Å². The fourth-order valence-corrected chi connectivity index (χ4v) is 1.53. The van der Waals surface area contributed by atoms with E-state index in [1.54, 1.807) is 6.92 Å². The van der Waals surface area contributed by atoms with Crippen LogP contribution in [-0.2, 0) is 5.41 Å². The van der Waals surface area contributed by atoms with E-state index in [1.165, 1.54) is 5.56 Å². The molecule has 1 aromatic carbocycles. The molecule has 2 aromatic rings. The van der Waals surface area contributed by atoms with E-state index in [4.69, 9.17) is 4.42 Å². The molecule has 3 heteroatoms. The van der Waals surface area contributed by atoms with Crippen molar-refractivity contribution in [1.29, 1.82) is 0 Å². The van der Waals surface area contributed by atoms with Crippen LogP contribution in [0, 0.1) is 6.92 Å². The Morgan fingerprint density at radius 3 is 2.27 bits per heavy atom. The molecule has 1 aromatic heterocycles. The van der Waals surface area contributed by atoms with Crippen LogP contribution in [0.25, 0.3) is 0 Å². The standard InChI is InChI=1S/C12H14N2O/c1-9-13-14-11(15-9)12(2,3)10-7-5-4-6-8-10/h4-8H,1-3H3. The quantitative estimate of drug-likeness (QED) is 0.751. The molecular weight excluding hydrogens is 188 g/mol. The Bertz CT molecular complexity index is 446. The molecule has 0 saturated heterocycles. The second-order valence-electron chi connectivity index (χ2n) is 4.12. The first-order valence-electron chi connectivity index (χ1n) is 4.97. The summed E-state index contributed by atoms with van der Waals surface area (Å²) >= 11 is 0. The summed E-state index contributed by atoms with van der Waals surface area (Å²) in [5.41, 5.74) is 0.941. The molecule has 78 valence electrons. The van der Waals surface area contributed by atoms with Crippen molar-refractivity contribution in [1.82, 2.24) is 10.2 Å². The summed E-state index contributed by atoms with van der Waals surface area (Å²) in [7, 11) is 0. The van der Waals surface area contributed by atoms with Gasteiger partial charge in [-0.25, -0.2) is 0 Å². The molecule has 1 heterocycles. The smallest absolute Gasteiger partial charge is 0.226 e. The molecule has 15 heavy (non-hydrogen) atoms. The van der Waals surface area contributed by atoms with Gasteiger partial charge in [-0.15, -0.1) is 10.2 Å². The topological polar surface area (TPSA) is 38.9 Å². The van der Waals surface area contributed by atoms with Gasteiger partial charge in [0.05, 0.1) is 5.41 Å². The maximum atomic E-state index is 5.48. The zero-order chi connectivity index (χ0) is 10.9. The van der Waals surface area contributed by atoms with Crippen LogP contribution >= 0.6 is 0 Å². The average molecular weight is 202 g/mol. The molecule has 0 atom stereocenters. The highest BCUT2D eigenvalue weighted by atomic mass is 16.4.